The highest BCUT2D eigenvalue weighted by atomic mass is 19.2. The number of pyridine rings is 1. The van der Waals surface area contributed by atoms with Crippen molar-refractivity contribution in [2.45, 2.75) is 38.7 Å². The Labute approximate surface area is 224 Å². The van der Waals surface area contributed by atoms with Gasteiger partial charge in [0, 0.05) is 30.3 Å². The van der Waals surface area contributed by atoms with Crippen LogP contribution in [0.3, 0.4) is 0 Å². The van der Waals surface area contributed by atoms with Gasteiger partial charge in [0.15, 0.2) is 11.6 Å². The molecule has 1 aliphatic rings. The predicted octanol–water partition coefficient (Wildman–Crippen LogP) is 4.14. The van der Waals surface area contributed by atoms with Crippen LogP contribution in [0.1, 0.15) is 36.8 Å². The zero-order valence-corrected chi connectivity index (χ0v) is 21.7. The molecule has 0 radical (unpaired) electrons. The fraction of sp³-hybridized carbons (Fsp3) is 0.429. The average Bonchev–Trinajstić information content (AvgIpc) is 2.95. The van der Waals surface area contributed by atoms with E-state index in [1.807, 2.05) is 28.6 Å². The number of rotatable bonds is 11. The molecule has 1 amide bonds. The molecule has 1 saturated heterocycles. The predicted molar refractivity (Wildman–Crippen MR) is 137 cm³/mol. The number of hydrogen-bond acceptors (Lipinski definition) is 7. The number of fused-ring (bicyclic) bond motifs is 1. The monoisotopic (exact) mass is 547 g/mol. The first-order chi connectivity index (χ1) is 18.8. The number of hydroxylamine groups is 1. The zero-order valence-electron chi connectivity index (χ0n) is 21.7. The molecule has 2 aromatic carbocycles. The molecule has 0 aliphatic carbocycles. The number of piperidine rings is 1. The summed E-state index contributed by atoms with van der Waals surface area (Å²) in [5, 5.41) is 20.3. The number of ether oxygens (including phenoxy) is 2. The van der Waals surface area contributed by atoms with Gasteiger partial charge in [0.25, 0.3) is 0 Å². The van der Waals surface area contributed by atoms with Crippen LogP contribution in [0.4, 0.5) is 13.2 Å². The fourth-order valence-corrected chi connectivity index (χ4v) is 5.27. The first-order valence-corrected chi connectivity index (χ1v) is 12.8. The number of carbonyl (C=O) groups excluding carboxylic acids is 1. The second kappa shape index (κ2) is 12.6. The molecule has 210 valence electrons. The van der Waals surface area contributed by atoms with Crippen molar-refractivity contribution < 1.29 is 37.8 Å². The summed E-state index contributed by atoms with van der Waals surface area (Å²) >= 11 is 0. The van der Waals surface area contributed by atoms with Crippen molar-refractivity contribution >= 4 is 16.8 Å². The summed E-state index contributed by atoms with van der Waals surface area (Å²) in [6, 6.07) is 6.83. The van der Waals surface area contributed by atoms with E-state index in [9.17, 15) is 28.3 Å². The van der Waals surface area contributed by atoms with E-state index in [1.165, 1.54) is 0 Å². The first kappa shape index (κ1) is 28.6. The molecule has 1 aromatic heterocycles. The Morgan fingerprint density at radius 1 is 1.18 bits per heavy atom. The number of nitrogens with zero attached hydrogens (tertiary/aromatic N) is 2. The summed E-state index contributed by atoms with van der Waals surface area (Å²) in [5.41, 5.74) is 3.47. The minimum atomic E-state index is -1.31. The number of benzene rings is 2. The largest absolute Gasteiger partial charge is 0.497 e. The average molecular weight is 548 g/mol. The van der Waals surface area contributed by atoms with Gasteiger partial charge in [-0.15, -0.1) is 0 Å². The Hall–Kier alpha value is -3.41. The maximum Gasteiger partial charge on any atom is 0.249 e. The number of aryl methyl sites for hydroxylation is 1. The number of halogens is 3. The van der Waals surface area contributed by atoms with Crippen LogP contribution in [0.2, 0.25) is 0 Å². The number of methoxy groups -OCH3 is 1. The third-order valence-electron chi connectivity index (χ3n) is 7.55. The van der Waals surface area contributed by atoms with E-state index in [1.54, 1.807) is 13.3 Å². The Kier molecular flexibility index (Phi) is 9.26. The highest BCUT2D eigenvalue weighted by Crippen LogP contribution is 2.38. The molecule has 3 aromatic rings. The number of hydrogen-bond donors (Lipinski definition) is 3. The molecule has 11 heteroatoms. The molecule has 3 N–H and O–H groups in total. The van der Waals surface area contributed by atoms with Crippen LogP contribution in [-0.2, 0) is 17.8 Å². The Bertz CT molecular complexity index is 1310. The van der Waals surface area contributed by atoms with Gasteiger partial charge in [-0.3, -0.25) is 19.9 Å². The van der Waals surface area contributed by atoms with Gasteiger partial charge in [0.2, 0.25) is 11.7 Å². The molecule has 0 bridgehead atoms. The lowest BCUT2D eigenvalue weighted by molar-refractivity contribution is -0.143. The van der Waals surface area contributed by atoms with Crippen LogP contribution in [0.25, 0.3) is 10.9 Å². The molecular formula is C28H32F3N3O5. The van der Waals surface area contributed by atoms with Gasteiger partial charge in [-0.2, -0.15) is 4.39 Å². The number of aromatic nitrogens is 1. The SMILES string of the molecule is COc1ccc2ncc(CO)c(CCCC3(C(=O)NO)CCN(CCOc4cc(F)cc(F)c4F)CC3)c2c1. The molecule has 8 nitrogen and oxygen atoms in total. The number of amides is 1. The molecule has 2 heterocycles. The summed E-state index contributed by atoms with van der Waals surface area (Å²) in [4.78, 5) is 19.2. The van der Waals surface area contributed by atoms with E-state index in [4.69, 9.17) is 9.47 Å². The maximum absolute atomic E-state index is 13.8. The summed E-state index contributed by atoms with van der Waals surface area (Å²) in [7, 11) is 1.58. The van der Waals surface area contributed by atoms with Crippen molar-refractivity contribution in [2.24, 2.45) is 5.41 Å². The zero-order chi connectivity index (χ0) is 28.0. The van der Waals surface area contributed by atoms with Crippen LogP contribution < -0.4 is 15.0 Å². The van der Waals surface area contributed by atoms with Gasteiger partial charge in [-0.25, -0.2) is 14.3 Å². The highest BCUT2D eigenvalue weighted by molar-refractivity contribution is 5.84. The lowest BCUT2D eigenvalue weighted by Gasteiger charge is -2.40. The van der Waals surface area contributed by atoms with Crippen molar-refractivity contribution in [1.29, 1.82) is 0 Å². The Morgan fingerprint density at radius 2 is 1.95 bits per heavy atom. The smallest absolute Gasteiger partial charge is 0.249 e. The minimum absolute atomic E-state index is 0.0154. The van der Waals surface area contributed by atoms with Gasteiger partial charge < -0.3 is 14.6 Å². The molecule has 4 rings (SSSR count). The van der Waals surface area contributed by atoms with Crippen molar-refractivity contribution in [3.63, 3.8) is 0 Å². The van der Waals surface area contributed by atoms with Gasteiger partial charge in [0.05, 0.1) is 24.6 Å². The maximum atomic E-state index is 13.8. The third kappa shape index (κ3) is 6.43. The number of carbonyl (C=O) groups is 1. The van der Waals surface area contributed by atoms with Gasteiger partial charge in [-0.1, -0.05) is 0 Å². The van der Waals surface area contributed by atoms with Crippen LogP contribution in [-0.4, -0.2) is 59.5 Å². The standard InChI is InChI=1S/C28H32F3N3O5/c1-38-20-4-5-24-22(15-20)21(18(17-35)16-32-24)3-2-6-28(27(36)33-37)7-9-34(10-8-28)11-12-39-25-14-19(29)13-23(30)26(25)31/h4-5,13-16,35,37H,2-3,6-12,17H2,1H3,(H,33,36). The van der Waals surface area contributed by atoms with E-state index in [2.05, 4.69) is 4.98 Å². The summed E-state index contributed by atoms with van der Waals surface area (Å²) < 4.78 is 51.2. The Morgan fingerprint density at radius 3 is 2.64 bits per heavy atom. The normalized spacial score (nSPS) is 15.3. The molecular weight excluding hydrogens is 515 g/mol. The van der Waals surface area contributed by atoms with E-state index in [0.29, 0.717) is 69.1 Å². The second-order valence-electron chi connectivity index (χ2n) is 9.77. The topological polar surface area (TPSA) is 104 Å². The van der Waals surface area contributed by atoms with Crippen molar-refractivity contribution in [3.8, 4) is 11.5 Å². The summed E-state index contributed by atoms with van der Waals surface area (Å²) in [5.74, 6) is -3.72. The molecule has 0 atom stereocenters. The lowest BCUT2D eigenvalue weighted by Crippen LogP contribution is -2.49. The van der Waals surface area contributed by atoms with E-state index in [0.717, 1.165) is 22.5 Å². The van der Waals surface area contributed by atoms with Gasteiger partial charge >= 0.3 is 0 Å². The summed E-state index contributed by atoms with van der Waals surface area (Å²) in [6.45, 7) is 1.27. The lowest BCUT2D eigenvalue weighted by atomic mass is 9.73. The van der Waals surface area contributed by atoms with Crippen molar-refractivity contribution in [2.75, 3.05) is 33.4 Å². The molecule has 1 fully saturated rings. The van der Waals surface area contributed by atoms with Gasteiger partial charge in [0.1, 0.15) is 18.2 Å². The number of likely N-dealkylation sites (tertiary alicyclic amines) is 1. The molecule has 0 saturated carbocycles. The number of aliphatic hydroxyl groups is 1. The quantitative estimate of drug-likeness (QED) is 0.188. The highest BCUT2D eigenvalue weighted by Gasteiger charge is 2.40. The molecule has 39 heavy (non-hydrogen) atoms. The second-order valence-corrected chi connectivity index (χ2v) is 9.77. The van der Waals surface area contributed by atoms with E-state index >= 15 is 0 Å². The van der Waals surface area contributed by atoms with Crippen molar-refractivity contribution in [1.82, 2.24) is 15.4 Å². The minimum Gasteiger partial charge on any atom is -0.497 e. The Balaban J connectivity index is 1.38. The number of nitrogens with one attached hydrogen (secondary N) is 1. The van der Waals surface area contributed by atoms with Crippen LogP contribution >= 0.6 is 0 Å². The van der Waals surface area contributed by atoms with E-state index in [-0.39, 0.29) is 13.2 Å². The van der Waals surface area contributed by atoms with Crippen LogP contribution in [0.15, 0.2) is 36.5 Å². The third-order valence-corrected chi connectivity index (χ3v) is 7.55. The molecule has 0 unspecified atom stereocenters. The first-order valence-electron chi connectivity index (χ1n) is 12.8. The van der Waals surface area contributed by atoms with E-state index < -0.39 is 34.5 Å². The van der Waals surface area contributed by atoms with Gasteiger partial charge in [-0.05, 0) is 74.5 Å². The van der Waals surface area contributed by atoms with Crippen LogP contribution in [0, 0.1) is 22.9 Å². The van der Waals surface area contributed by atoms with Crippen LogP contribution in [0.5, 0.6) is 11.5 Å². The van der Waals surface area contributed by atoms with Crippen molar-refractivity contribution in [3.05, 3.63) is 65.1 Å². The molecule has 0 spiro atoms. The molecule has 1 aliphatic heterocycles. The fourth-order valence-electron chi connectivity index (χ4n) is 5.27. The summed E-state index contributed by atoms with van der Waals surface area (Å²) in [6.07, 6.45) is 4.33. The number of aliphatic hydroxyl groups excluding tert-OH is 1.